The number of ether oxygens (including phenoxy) is 1. The van der Waals surface area contributed by atoms with Crippen LogP contribution in [0.5, 0.6) is 0 Å². The lowest BCUT2D eigenvalue weighted by Gasteiger charge is -2.36. The van der Waals surface area contributed by atoms with Crippen molar-refractivity contribution in [3.8, 4) is 0 Å². The molecule has 1 aromatic rings. The zero-order chi connectivity index (χ0) is 15.3. The van der Waals surface area contributed by atoms with Gasteiger partial charge in [-0.05, 0) is 19.0 Å². The van der Waals surface area contributed by atoms with E-state index in [-0.39, 0.29) is 18.8 Å². The molecule has 8 nitrogen and oxygen atoms in total. The minimum Gasteiger partial charge on any atom is -0.393 e. The number of rotatable bonds is 7. The summed E-state index contributed by atoms with van der Waals surface area (Å²) in [6.07, 6.45) is -2.88. The maximum Gasteiger partial charge on any atom is 0.351 e. The van der Waals surface area contributed by atoms with Gasteiger partial charge in [0.05, 0.1) is 6.61 Å². The summed E-state index contributed by atoms with van der Waals surface area (Å²) < 4.78 is 19.9. The van der Waals surface area contributed by atoms with Gasteiger partial charge in [0.2, 0.25) is 6.30 Å². The van der Waals surface area contributed by atoms with Gasteiger partial charge >= 0.3 is 5.69 Å². The fourth-order valence-corrected chi connectivity index (χ4v) is 1.87. The average molecular weight is 290 g/mol. The smallest absolute Gasteiger partial charge is 0.351 e. The van der Waals surface area contributed by atoms with E-state index in [4.69, 9.17) is 16.2 Å². The molecular weight excluding hydrogens is 271 g/mol. The molecule has 0 bridgehead atoms. The molecule has 114 valence electrons. The minimum absolute atomic E-state index is 0.0126. The molecule has 0 saturated heterocycles. The van der Waals surface area contributed by atoms with Gasteiger partial charge in [-0.2, -0.15) is 4.98 Å². The fourth-order valence-electron chi connectivity index (χ4n) is 1.87. The van der Waals surface area contributed by atoms with Crippen LogP contribution in [0.3, 0.4) is 0 Å². The number of aliphatic hydroxyl groups excluding tert-OH is 2. The number of nitrogens with two attached hydrogens (primary N) is 2. The van der Waals surface area contributed by atoms with Crippen LogP contribution in [-0.2, 0) is 4.74 Å². The first-order chi connectivity index (χ1) is 9.41. The predicted molar refractivity (Wildman–Crippen MR) is 69.6 cm³/mol. The monoisotopic (exact) mass is 290 g/mol. The van der Waals surface area contributed by atoms with Crippen LogP contribution >= 0.6 is 0 Å². The van der Waals surface area contributed by atoms with E-state index in [1.807, 2.05) is 0 Å². The number of hydrogen-bond donors (Lipinski definition) is 4. The number of nitrogen functional groups attached to an aromatic ring is 1. The van der Waals surface area contributed by atoms with Gasteiger partial charge in [0.25, 0.3) is 0 Å². The third-order valence-corrected chi connectivity index (χ3v) is 3.16. The number of methoxy groups -OCH3 is 1. The summed E-state index contributed by atoms with van der Waals surface area (Å²) in [4.78, 5) is 14.9. The highest BCUT2D eigenvalue weighted by atomic mass is 19.1. The third kappa shape index (κ3) is 3.12. The molecule has 3 atom stereocenters. The van der Waals surface area contributed by atoms with Crippen LogP contribution in [0.2, 0.25) is 0 Å². The van der Waals surface area contributed by atoms with E-state index < -0.39 is 30.3 Å². The van der Waals surface area contributed by atoms with Crippen molar-refractivity contribution in [3.63, 3.8) is 0 Å². The van der Waals surface area contributed by atoms with Gasteiger partial charge in [0, 0.05) is 13.3 Å². The first kappa shape index (κ1) is 16.5. The molecule has 0 aromatic carbocycles. The fraction of sp³-hybridized carbons (Fsp3) is 0.636. The maximum absolute atomic E-state index is 14.3. The standard InChI is InChI=1S/C11H19FN4O4/c1-20-11(6-17,3-4-13)8(18)9(12)16-5-2-7(14)15-10(16)19/h2,5,8-9,17-18H,3-4,6,13H2,1H3,(H2,14,15,19)/t8-,9-,11+/m0/s1. The van der Waals surface area contributed by atoms with E-state index in [9.17, 15) is 19.4 Å². The number of alkyl halides is 1. The summed E-state index contributed by atoms with van der Waals surface area (Å²) in [5.41, 5.74) is 8.12. The Hall–Kier alpha value is -1.55. The summed E-state index contributed by atoms with van der Waals surface area (Å²) in [5.74, 6) is -0.0601. The van der Waals surface area contributed by atoms with E-state index in [0.29, 0.717) is 4.57 Å². The minimum atomic E-state index is -2.16. The summed E-state index contributed by atoms with van der Waals surface area (Å²) in [6, 6.07) is 1.22. The van der Waals surface area contributed by atoms with E-state index in [1.54, 1.807) is 0 Å². The lowest BCUT2D eigenvalue weighted by Crippen LogP contribution is -2.53. The van der Waals surface area contributed by atoms with Crippen molar-refractivity contribution < 1.29 is 19.3 Å². The number of nitrogens with zero attached hydrogens (tertiary/aromatic N) is 2. The molecule has 1 heterocycles. The van der Waals surface area contributed by atoms with Crippen LogP contribution in [0.15, 0.2) is 17.1 Å². The van der Waals surface area contributed by atoms with E-state index in [2.05, 4.69) is 4.98 Å². The summed E-state index contributed by atoms with van der Waals surface area (Å²) >= 11 is 0. The highest BCUT2D eigenvalue weighted by Crippen LogP contribution is 2.27. The lowest BCUT2D eigenvalue weighted by molar-refractivity contribution is -0.166. The third-order valence-electron chi connectivity index (χ3n) is 3.16. The topological polar surface area (TPSA) is 137 Å². The molecule has 0 unspecified atom stereocenters. The Kier molecular flexibility index (Phi) is 5.57. The Labute approximate surface area is 114 Å². The highest BCUT2D eigenvalue weighted by molar-refractivity contribution is 5.23. The SMILES string of the molecule is CO[C@@](CO)(CCN)[C@@H](O)[C@@H](F)n1ccc(N)nc1=O. The van der Waals surface area contributed by atoms with Crippen molar-refractivity contribution in [1.82, 2.24) is 9.55 Å². The van der Waals surface area contributed by atoms with Crippen molar-refractivity contribution >= 4 is 5.82 Å². The molecular formula is C11H19FN4O4. The summed E-state index contributed by atoms with van der Waals surface area (Å²) in [6.45, 7) is -0.591. The number of aliphatic hydroxyl groups is 2. The number of hydrogen-bond acceptors (Lipinski definition) is 7. The molecule has 20 heavy (non-hydrogen) atoms. The largest absolute Gasteiger partial charge is 0.393 e. The van der Waals surface area contributed by atoms with Crippen LogP contribution in [0, 0.1) is 0 Å². The molecule has 0 saturated carbocycles. The van der Waals surface area contributed by atoms with Crippen molar-refractivity contribution in [2.45, 2.75) is 24.4 Å². The second-order valence-corrected chi connectivity index (χ2v) is 4.33. The Morgan fingerprint density at radius 1 is 1.65 bits per heavy atom. The Bertz CT molecular complexity index is 492. The molecule has 0 aliphatic carbocycles. The highest BCUT2D eigenvalue weighted by Gasteiger charge is 2.43. The van der Waals surface area contributed by atoms with Gasteiger partial charge in [0.15, 0.2) is 0 Å². The first-order valence-electron chi connectivity index (χ1n) is 5.94. The van der Waals surface area contributed by atoms with Crippen LogP contribution in [0.25, 0.3) is 0 Å². The normalized spacial score (nSPS) is 17.4. The van der Waals surface area contributed by atoms with Crippen LogP contribution < -0.4 is 17.2 Å². The molecule has 0 aliphatic rings. The second-order valence-electron chi connectivity index (χ2n) is 4.33. The quantitative estimate of drug-likeness (QED) is 0.473. The van der Waals surface area contributed by atoms with Crippen molar-refractivity contribution in [2.24, 2.45) is 5.73 Å². The van der Waals surface area contributed by atoms with Crippen LogP contribution in [0.4, 0.5) is 10.2 Å². The first-order valence-corrected chi connectivity index (χ1v) is 5.94. The lowest BCUT2D eigenvalue weighted by atomic mass is 9.92. The zero-order valence-electron chi connectivity index (χ0n) is 11.1. The van der Waals surface area contributed by atoms with Crippen molar-refractivity contribution in [3.05, 3.63) is 22.7 Å². The van der Waals surface area contributed by atoms with Gasteiger partial charge in [-0.3, -0.25) is 4.57 Å². The van der Waals surface area contributed by atoms with E-state index in [0.717, 1.165) is 6.20 Å². The van der Waals surface area contributed by atoms with Gasteiger partial charge in [0.1, 0.15) is 17.5 Å². The number of halogens is 1. The Morgan fingerprint density at radius 2 is 2.30 bits per heavy atom. The Balaban J connectivity index is 3.10. The average Bonchev–Trinajstić information content (AvgIpc) is 2.43. The van der Waals surface area contributed by atoms with Crippen LogP contribution in [0.1, 0.15) is 12.7 Å². The number of anilines is 1. The molecule has 0 amide bonds. The second kappa shape index (κ2) is 6.75. The Morgan fingerprint density at radius 3 is 2.75 bits per heavy atom. The molecule has 1 rings (SSSR count). The summed E-state index contributed by atoms with van der Waals surface area (Å²) in [5, 5.41) is 19.4. The van der Waals surface area contributed by atoms with E-state index >= 15 is 0 Å². The van der Waals surface area contributed by atoms with Crippen molar-refractivity contribution in [1.29, 1.82) is 0 Å². The van der Waals surface area contributed by atoms with Crippen molar-refractivity contribution in [2.75, 3.05) is 26.0 Å². The molecule has 9 heteroatoms. The molecule has 0 spiro atoms. The molecule has 0 radical (unpaired) electrons. The molecule has 0 aliphatic heterocycles. The maximum atomic E-state index is 14.3. The molecule has 6 N–H and O–H groups in total. The summed E-state index contributed by atoms with van der Waals surface area (Å²) in [7, 11) is 1.21. The zero-order valence-corrected chi connectivity index (χ0v) is 11.1. The predicted octanol–water partition coefficient (Wildman–Crippen LogP) is -1.62. The van der Waals surface area contributed by atoms with Crippen LogP contribution in [-0.4, -0.2) is 51.7 Å². The molecule has 1 aromatic heterocycles. The van der Waals surface area contributed by atoms with E-state index in [1.165, 1.54) is 13.2 Å². The van der Waals surface area contributed by atoms with Gasteiger partial charge in [-0.15, -0.1) is 0 Å². The van der Waals surface area contributed by atoms with Gasteiger partial charge in [-0.25, -0.2) is 9.18 Å². The molecule has 0 fully saturated rings. The van der Waals surface area contributed by atoms with Gasteiger partial charge in [-0.1, -0.05) is 0 Å². The number of aromatic nitrogens is 2. The van der Waals surface area contributed by atoms with Gasteiger partial charge < -0.3 is 26.4 Å².